The highest BCUT2D eigenvalue weighted by Gasteiger charge is 2.25. The Kier molecular flexibility index (Phi) is 8.06. The van der Waals surface area contributed by atoms with Crippen LogP contribution in [0.15, 0.2) is 28.5 Å². The molecular formula is C19H19N3O5S2. The van der Waals surface area contributed by atoms with Crippen molar-refractivity contribution in [2.45, 2.75) is 18.1 Å². The number of carbonyl (C=O) groups excluding carboxylic acids is 3. The second-order valence-electron chi connectivity index (χ2n) is 5.55. The maximum atomic E-state index is 12.2. The van der Waals surface area contributed by atoms with E-state index in [1.807, 2.05) is 6.07 Å². The van der Waals surface area contributed by atoms with Crippen LogP contribution in [0.2, 0.25) is 0 Å². The van der Waals surface area contributed by atoms with E-state index in [4.69, 9.17) is 9.47 Å². The van der Waals surface area contributed by atoms with Crippen molar-refractivity contribution in [1.29, 1.82) is 5.26 Å². The molecule has 152 valence electrons. The summed E-state index contributed by atoms with van der Waals surface area (Å²) < 4.78 is 10.5. The van der Waals surface area contributed by atoms with E-state index in [0.717, 1.165) is 23.1 Å². The lowest BCUT2D eigenvalue weighted by Gasteiger charge is -2.06. The van der Waals surface area contributed by atoms with Gasteiger partial charge >= 0.3 is 5.97 Å². The number of nitriles is 1. The Morgan fingerprint density at radius 1 is 1.21 bits per heavy atom. The molecule has 0 aliphatic rings. The zero-order valence-corrected chi connectivity index (χ0v) is 17.7. The molecule has 10 heteroatoms. The molecule has 2 aromatic rings. The van der Waals surface area contributed by atoms with Crippen LogP contribution < -0.4 is 15.4 Å². The van der Waals surface area contributed by atoms with Gasteiger partial charge in [-0.05, 0) is 31.2 Å². The number of benzene rings is 1. The molecule has 0 aliphatic heterocycles. The van der Waals surface area contributed by atoms with E-state index in [9.17, 15) is 19.6 Å². The second-order valence-corrected chi connectivity index (χ2v) is 7.81. The number of thiophene rings is 1. The topological polar surface area (TPSA) is 118 Å². The molecule has 1 aromatic carbocycles. The molecule has 0 bridgehead atoms. The summed E-state index contributed by atoms with van der Waals surface area (Å²) in [5.74, 6) is -0.642. The van der Waals surface area contributed by atoms with Crippen LogP contribution in [0.25, 0.3) is 0 Å². The highest BCUT2D eigenvalue weighted by atomic mass is 32.2. The van der Waals surface area contributed by atoms with Crippen molar-refractivity contribution in [2.75, 3.05) is 30.1 Å². The third-order valence-electron chi connectivity index (χ3n) is 3.46. The van der Waals surface area contributed by atoms with E-state index in [-0.39, 0.29) is 34.4 Å². The van der Waals surface area contributed by atoms with Crippen LogP contribution in [0, 0.1) is 11.3 Å². The van der Waals surface area contributed by atoms with Gasteiger partial charge in [0, 0.05) is 12.6 Å². The lowest BCUT2D eigenvalue weighted by molar-refractivity contribution is -0.114. The molecule has 0 saturated heterocycles. The fraction of sp³-hybridized carbons (Fsp3) is 0.263. The number of hydrogen-bond acceptors (Lipinski definition) is 8. The van der Waals surface area contributed by atoms with Crippen molar-refractivity contribution in [2.24, 2.45) is 0 Å². The Balaban J connectivity index is 2.16. The normalized spacial score (nSPS) is 10.0. The van der Waals surface area contributed by atoms with Crippen molar-refractivity contribution in [3.63, 3.8) is 0 Å². The summed E-state index contributed by atoms with van der Waals surface area (Å²) in [6, 6.07) is 8.86. The first kappa shape index (κ1) is 22.3. The van der Waals surface area contributed by atoms with Crippen molar-refractivity contribution in [1.82, 2.24) is 0 Å². The molecule has 0 radical (unpaired) electrons. The van der Waals surface area contributed by atoms with Crippen LogP contribution in [0.1, 0.15) is 29.1 Å². The SMILES string of the molecule is CCOC(=O)c1sc(SCC(=O)Nc2ccc(OC)cc2)c(C#N)c1NC(C)=O. The number of amides is 2. The lowest BCUT2D eigenvalue weighted by Crippen LogP contribution is -2.13. The molecular weight excluding hydrogens is 414 g/mol. The lowest BCUT2D eigenvalue weighted by atomic mass is 10.2. The first-order chi connectivity index (χ1) is 13.9. The van der Waals surface area contributed by atoms with Crippen LogP contribution >= 0.6 is 23.1 Å². The van der Waals surface area contributed by atoms with Crippen molar-refractivity contribution in [3.8, 4) is 11.8 Å². The van der Waals surface area contributed by atoms with Gasteiger partial charge in [-0.2, -0.15) is 5.26 Å². The van der Waals surface area contributed by atoms with Crippen molar-refractivity contribution in [3.05, 3.63) is 34.7 Å². The van der Waals surface area contributed by atoms with Crippen molar-refractivity contribution >= 4 is 52.3 Å². The number of ether oxygens (including phenoxy) is 2. The molecule has 8 nitrogen and oxygen atoms in total. The molecule has 0 atom stereocenters. The minimum absolute atomic E-state index is 0.0169. The van der Waals surface area contributed by atoms with Crippen LogP contribution in [-0.4, -0.2) is 37.3 Å². The number of thioether (sulfide) groups is 1. The van der Waals surface area contributed by atoms with E-state index in [1.165, 1.54) is 6.92 Å². The number of esters is 1. The second kappa shape index (κ2) is 10.5. The maximum Gasteiger partial charge on any atom is 0.350 e. The summed E-state index contributed by atoms with van der Waals surface area (Å²) in [4.78, 5) is 36.0. The van der Waals surface area contributed by atoms with Gasteiger partial charge in [-0.15, -0.1) is 23.1 Å². The molecule has 0 spiro atoms. The molecule has 0 fully saturated rings. The number of hydrogen-bond donors (Lipinski definition) is 2. The minimum Gasteiger partial charge on any atom is -0.497 e. The van der Waals surface area contributed by atoms with E-state index in [1.54, 1.807) is 38.3 Å². The summed E-state index contributed by atoms with van der Waals surface area (Å²) in [6.45, 7) is 3.10. The van der Waals surface area contributed by atoms with Gasteiger partial charge in [-0.1, -0.05) is 0 Å². The predicted molar refractivity (Wildman–Crippen MR) is 112 cm³/mol. The zero-order valence-electron chi connectivity index (χ0n) is 16.0. The van der Waals surface area contributed by atoms with E-state index >= 15 is 0 Å². The molecule has 2 rings (SSSR count). The third kappa shape index (κ3) is 5.97. The van der Waals surface area contributed by atoms with Crippen LogP contribution in [0.5, 0.6) is 5.75 Å². The molecule has 1 aromatic heterocycles. The van der Waals surface area contributed by atoms with Gasteiger partial charge < -0.3 is 20.1 Å². The van der Waals surface area contributed by atoms with E-state index < -0.39 is 11.9 Å². The monoisotopic (exact) mass is 433 g/mol. The molecule has 2 amide bonds. The summed E-state index contributed by atoms with van der Waals surface area (Å²) >= 11 is 2.11. The van der Waals surface area contributed by atoms with Crippen molar-refractivity contribution < 1.29 is 23.9 Å². The summed E-state index contributed by atoms with van der Waals surface area (Å²) in [6.07, 6.45) is 0. The molecule has 0 saturated carbocycles. The number of carbonyl (C=O) groups is 3. The van der Waals surface area contributed by atoms with Gasteiger partial charge in [0.05, 0.1) is 29.4 Å². The molecule has 0 aliphatic carbocycles. The fourth-order valence-corrected chi connectivity index (χ4v) is 4.37. The average molecular weight is 434 g/mol. The zero-order chi connectivity index (χ0) is 21.4. The Labute approximate surface area is 176 Å². The highest BCUT2D eigenvalue weighted by molar-refractivity contribution is 8.01. The molecule has 0 unspecified atom stereocenters. The summed E-state index contributed by atoms with van der Waals surface area (Å²) in [7, 11) is 1.55. The quantitative estimate of drug-likeness (QED) is 0.483. The van der Waals surface area contributed by atoms with Gasteiger partial charge in [-0.25, -0.2) is 4.79 Å². The number of nitrogens with one attached hydrogen (secondary N) is 2. The van der Waals surface area contributed by atoms with Crippen LogP contribution in [0.4, 0.5) is 11.4 Å². The average Bonchev–Trinajstić information content (AvgIpc) is 3.04. The van der Waals surface area contributed by atoms with Gasteiger partial charge in [0.1, 0.15) is 22.3 Å². The number of rotatable bonds is 8. The Morgan fingerprint density at radius 2 is 1.90 bits per heavy atom. The fourth-order valence-electron chi connectivity index (χ4n) is 2.25. The Morgan fingerprint density at radius 3 is 2.45 bits per heavy atom. The highest BCUT2D eigenvalue weighted by Crippen LogP contribution is 2.40. The largest absolute Gasteiger partial charge is 0.497 e. The Hall–Kier alpha value is -3.03. The van der Waals surface area contributed by atoms with E-state index in [0.29, 0.717) is 15.6 Å². The standard InChI is InChI=1S/C19H19N3O5S2/c1-4-27-18(25)17-16(21-11(2)23)14(9-20)19(29-17)28-10-15(24)22-12-5-7-13(26-3)8-6-12/h5-8H,4,10H2,1-3H3,(H,21,23)(H,22,24). The molecule has 29 heavy (non-hydrogen) atoms. The minimum atomic E-state index is -0.632. The van der Waals surface area contributed by atoms with E-state index in [2.05, 4.69) is 10.6 Å². The maximum absolute atomic E-state index is 12.2. The molecule has 2 N–H and O–H groups in total. The third-order valence-corrected chi connectivity index (χ3v) is 5.90. The number of nitrogens with zero attached hydrogens (tertiary/aromatic N) is 1. The number of methoxy groups -OCH3 is 1. The van der Waals surface area contributed by atoms with Gasteiger partial charge in [0.2, 0.25) is 11.8 Å². The van der Waals surface area contributed by atoms with Gasteiger partial charge in [-0.3, -0.25) is 9.59 Å². The number of anilines is 2. The molecule has 1 heterocycles. The van der Waals surface area contributed by atoms with Crippen LogP contribution in [-0.2, 0) is 14.3 Å². The Bertz CT molecular complexity index is 948. The smallest absolute Gasteiger partial charge is 0.350 e. The van der Waals surface area contributed by atoms with Gasteiger partial charge in [0.15, 0.2) is 0 Å². The first-order valence-corrected chi connectivity index (χ1v) is 10.3. The van der Waals surface area contributed by atoms with Crippen LogP contribution in [0.3, 0.4) is 0 Å². The predicted octanol–water partition coefficient (Wildman–Crippen LogP) is 3.49. The summed E-state index contributed by atoms with van der Waals surface area (Å²) in [5, 5.41) is 14.8. The first-order valence-electron chi connectivity index (χ1n) is 8.47. The summed E-state index contributed by atoms with van der Waals surface area (Å²) in [5.41, 5.74) is 0.853. The van der Waals surface area contributed by atoms with Gasteiger partial charge in [0.25, 0.3) is 0 Å².